The van der Waals surface area contributed by atoms with Crippen molar-refractivity contribution in [2.24, 2.45) is 0 Å². The van der Waals surface area contributed by atoms with Crippen molar-refractivity contribution >= 4 is 16.8 Å². The summed E-state index contributed by atoms with van der Waals surface area (Å²) >= 11 is 0. The average molecular weight is 465 g/mol. The van der Waals surface area contributed by atoms with Crippen LogP contribution in [0.3, 0.4) is 0 Å². The van der Waals surface area contributed by atoms with Crippen LogP contribution in [0.4, 0.5) is 0 Å². The summed E-state index contributed by atoms with van der Waals surface area (Å²) in [5.74, 6) is 1.05. The molecule has 1 aliphatic heterocycles. The number of ether oxygens (including phenoxy) is 2. The van der Waals surface area contributed by atoms with Crippen LogP contribution in [0.5, 0.6) is 5.75 Å². The Hall–Kier alpha value is -3.23. The van der Waals surface area contributed by atoms with E-state index >= 15 is 0 Å². The van der Waals surface area contributed by atoms with Crippen molar-refractivity contribution in [2.75, 3.05) is 33.4 Å². The molecular weight excluding hydrogens is 432 g/mol. The summed E-state index contributed by atoms with van der Waals surface area (Å²) in [6, 6.07) is 15.4. The van der Waals surface area contributed by atoms with Crippen LogP contribution in [0.2, 0.25) is 0 Å². The molecular formula is C26H32N4O4. The van der Waals surface area contributed by atoms with E-state index < -0.39 is 0 Å². The number of carbonyl (C=O) groups excluding carboxylic acids is 1. The van der Waals surface area contributed by atoms with Gasteiger partial charge in [-0.3, -0.25) is 19.1 Å². The Bertz CT molecular complexity index is 1190. The Kier molecular flexibility index (Phi) is 7.92. The first-order chi connectivity index (χ1) is 16.5. The zero-order valence-corrected chi connectivity index (χ0v) is 19.8. The van der Waals surface area contributed by atoms with Gasteiger partial charge in [-0.15, -0.1) is 0 Å². The number of nitrogens with one attached hydrogen (secondary N) is 1. The molecule has 0 saturated carbocycles. The lowest BCUT2D eigenvalue weighted by molar-refractivity contribution is -0.121. The van der Waals surface area contributed by atoms with Gasteiger partial charge in [-0.2, -0.15) is 0 Å². The van der Waals surface area contributed by atoms with E-state index in [0.717, 1.165) is 43.9 Å². The number of hydrogen-bond acceptors (Lipinski definition) is 6. The monoisotopic (exact) mass is 464 g/mol. The van der Waals surface area contributed by atoms with Crippen LogP contribution in [0.25, 0.3) is 10.9 Å². The molecule has 1 aromatic heterocycles. The number of aryl methyl sites for hydroxylation is 1. The predicted octanol–water partition coefficient (Wildman–Crippen LogP) is 2.51. The van der Waals surface area contributed by atoms with Gasteiger partial charge < -0.3 is 14.8 Å². The van der Waals surface area contributed by atoms with Gasteiger partial charge in [0.15, 0.2) is 0 Å². The number of fused-ring (bicyclic) bond motifs is 1. The number of benzene rings is 2. The first kappa shape index (κ1) is 23.9. The summed E-state index contributed by atoms with van der Waals surface area (Å²) in [6.45, 7) is 5.12. The first-order valence-corrected chi connectivity index (χ1v) is 11.7. The quantitative estimate of drug-likeness (QED) is 0.524. The summed E-state index contributed by atoms with van der Waals surface area (Å²) in [7, 11) is 2.13. The minimum atomic E-state index is -0.244. The molecule has 1 N–H and O–H groups in total. The van der Waals surface area contributed by atoms with E-state index in [0.29, 0.717) is 35.9 Å². The molecule has 0 spiro atoms. The molecule has 0 aliphatic carbocycles. The number of carbonyl (C=O) groups is 1. The van der Waals surface area contributed by atoms with Crippen molar-refractivity contribution in [1.29, 1.82) is 0 Å². The lowest BCUT2D eigenvalue weighted by atomic mass is 10.1. The van der Waals surface area contributed by atoms with Gasteiger partial charge in [-0.1, -0.05) is 24.3 Å². The molecule has 2 heterocycles. The van der Waals surface area contributed by atoms with Gasteiger partial charge in [0.1, 0.15) is 24.7 Å². The Morgan fingerprint density at radius 3 is 2.82 bits per heavy atom. The van der Waals surface area contributed by atoms with Gasteiger partial charge in [0, 0.05) is 32.3 Å². The summed E-state index contributed by atoms with van der Waals surface area (Å²) in [6.07, 6.45) is 2.12. The van der Waals surface area contributed by atoms with Crippen LogP contribution in [0.15, 0.2) is 53.3 Å². The Balaban J connectivity index is 1.28. The highest BCUT2D eigenvalue weighted by Crippen LogP contribution is 2.15. The van der Waals surface area contributed by atoms with Gasteiger partial charge in [0.05, 0.1) is 10.9 Å². The molecule has 4 rings (SSSR count). The van der Waals surface area contributed by atoms with Crippen molar-refractivity contribution < 1.29 is 14.3 Å². The molecule has 1 aliphatic rings. The van der Waals surface area contributed by atoms with Crippen molar-refractivity contribution in [1.82, 2.24) is 19.8 Å². The third-order valence-corrected chi connectivity index (χ3v) is 6.27. The first-order valence-electron chi connectivity index (χ1n) is 11.7. The third kappa shape index (κ3) is 6.01. The molecule has 1 saturated heterocycles. The fourth-order valence-electron chi connectivity index (χ4n) is 4.23. The lowest BCUT2D eigenvalue weighted by Crippen LogP contribution is -2.38. The smallest absolute Gasteiger partial charge is 0.261 e. The molecule has 8 nitrogen and oxygen atoms in total. The molecule has 8 heteroatoms. The van der Waals surface area contributed by atoms with Gasteiger partial charge in [0.2, 0.25) is 5.91 Å². The number of hydrogen-bond donors (Lipinski definition) is 1. The SMILES string of the molecule is Cc1nc2ccccc2c(=O)n1CC(=O)NCc1cccc(OCCN(C)C2CCOCC2)c1. The second-order valence-electron chi connectivity index (χ2n) is 8.66. The van der Waals surface area contributed by atoms with Crippen LogP contribution in [-0.2, 0) is 22.6 Å². The predicted molar refractivity (Wildman–Crippen MR) is 131 cm³/mol. The maximum absolute atomic E-state index is 12.8. The molecule has 0 bridgehead atoms. The minimum absolute atomic E-state index is 0.0722. The van der Waals surface area contributed by atoms with Gasteiger partial charge in [0.25, 0.3) is 5.56 Å². The third-order valence-electron chi connectivity index (χ3n) is 6.27. The largest absolute Gasteiger partial charge is 0.492 e. The van der Waals surface area contributed by atoms with Crippen molar-refractivity contribution in [3.8, 4) is 5.75 Å². The second kappa shape index (κ2) is 11.3. The fraction of sp³-hybridized carbons (Fsp3) is 0.423. The van der Waals surface area contributed by atoms with Crippen LogP contribution in [0, 0.1) is 6.92 Å². The van der Waals surface area contributed by atoms with E-state index in [1.54, 1.807) is 25.1 Å². The summed E-state index contributed by atoms with van der Waals surface area (Å²) in [5, 5.41) is 3.40. The van der Waals surface area contributed by atoms with E-state index in [4.69, 9.17) is 9.47 Å². The Morgan fingerprint density at radius 2 is 2.00 bits per heavy atom. The molecule has 0 atom stereocenters. The number of nitrogens with zero attached hydrogens (tertiary/aromatic N) is 3. The zero-order chi connectivity index (χ0) is 23.9. The van der Waals surface area contributed by atoms with Crippen LogP contribution >= 0.6 is 0 Å². The van der Waals surface area contributed by atoms with Crippen molar-refractivity contribution in [2.45, 2.75) is 38.9 Å². The standard InChI is InChI=1S/C26H32N4O4/c1-19-28-24-9-4-3-8-23(24)26(32)30(19)18-25(31)27-17-20-6-5-7-22(16-20)34-15-12-29(2)21-10-13-33-14-11-21/h3-9,16,21H,10-15,17-18H2,1-2H3,(H,27,31). The summed E-state index contributed by atoms with van der Waals surface area (Å²) < 4.78 is 12.8. The molecule has 34 heavy (non-hydrogen) atoms. The summed E-state index contributed by atoms with van der Waals surface area (Å²) in [4.78, 5) is 32.1. The summed E-state index contributed by atoms with van der Waals surface area (Å²) in [5.41, 5.74) is 1.36. The number of aromatic nitrogens is 2. The maximum atomic E-state index is 12.8. The number of para-hydroxylation sites is 1. The normalized spacial score (nSPS) is 14.4. The molecule has 2 aromatic carbocycles. The number of amides is 1. The van der Waals surface area contributed by atoms with Crippen LogP contribution in [0.1, 0.15) is 24.2 Å². The second-order valence-corrected chi connectivity index (χ2v) is 8.66. The average Bonchev–Trinajstić information content (AvgIpc) is 2.86. The topological polar surface area (TPSA) is 85.7 Å². The van der Waals surface area contributed by atoms with E-state index in [1.165, 1.54) is 4.57 Å². The minimum Gasteiger partial charge on any atom is -0.492 e. The fourth-order valence-corrected chi connectivity index (χ4v) is 4.23. The molecule has 1 amide bonds. The molecule has 3 aromatic rings. The van der Waals surface area contributed by atoms with Crippen molar-refractivity contribution in [3.63, 3.8) is 0 Å². The van der Waals surface area contributed by atoms with E-state index in [2.05, 4.69) is 22.2 Å². The Morgan fingerprint density at radius 1 is 1.21 bits per heavy atom. The van der Waals surface area contributed by atoms with Crippen LogP contribution in [-0.4, -0.2) is 59.8 Å². The van der Waals surface area contributed by atoms with E-state index in [1.807, 2.05) is 30.3 Å². The van der Waals surface area contributed by atoms with E-state index in [-0.39, 0.29) is 18.0 Å². The highest BCUT2D eigenvalue weighted by atomic mass is 16.5. The molecule has 1 fully saturated rings. The van der Waals surface area contributed by atoms with Gasteiger partial charge in [-0.25, -0.2) is 4.98 Å². The number of likely N-dealkylation sites (N-methyl/N-ethyl adjacent to an activating group) is 1. The molecule has 180 valence electrons. The van der Waals surface area contributed by atoms with Crippen molar-refractivity contribution in [3.05, 3.63) is 70.3 Å². The van der Waals surface area contributed by atoms with E-state index in [9.17, 15) is 9.59 Å². The maximum Gasteiger partial charge on any atom is 0.261 e. The van der Waals surface area contributed by atoms with Gasteiger partial charge >= 0.3 is 0 Å². The number of rotatable bonds is 9. The highest BCUT2D eigenvalue weighted by molar-refractivity contribution is 5.79. The Labute approximate surface area is 199 Å². The lowest BCUT2D eigenvalue weighted by Gasteiger charge is -2.31. The zero-order valence-electron chi connectivity index (χ0n) is 19.8. The highest BCUT2D eigenvalue weighted by Gasteiger charge is 2.18. The molecule has 0 unspecified atom stereocenters. The van der Waals surface area contributed by atoms with Gasteiger partial charge in [-0.05, 0) is 56.6 Å². The van der Waals surface area contributed by atoms with Crippen LogP contribution < -0.4 is 15.6 Å². The molecule has 0 radical (unpaired) electrons.